The second-order valence-corrected chi connectivity index (χ2v) is 9.06. The van der Waals surface area contributed by atoms with Gasteiger partial charge in [0, 0.05) is 0 Å². The average Bonchev–Trinajstić information content (AvgIpc) is 1.81. The number of rotatable bonds is 2. The van der Waals surface area contributed by atoms with Crippen LogP contribution in [0, 0.1) is 0 Å². The van der Waals surface area contributed by atoms with Crippen LogP contribution >= 0.6 is 12.2 Å². The summed E-state index contributed by atoms with van der Waals surface area (Å²) < 4.78 is 5.11. The van der Waals surface area contributed by atoms with Gasteiger partial charge in [-0.05, 0) is 12.2 Å². The zero-order valence-corrected chi connectivity index (χ0v) is 8.42. The van der Waals surface area contributed by atoms with E-state index in [1.807, 2.05) is 0 Å². The number of nitrogens with one attached hydrogen (secondary N) is 1. The molecule has 0 radical (unpaired) electrons. The summed E-state index contributed by atoms with van der Waals surface area (Å²) in [5.74, 6) is 5.00. The fourth-order valence-corrected chi connectivity index (χ4v) is 1.06. The number of hydrogen-bond acceptors (Lipinski definition) is 3. The van der Waals surface area contributed by atoms with Crippen LogP contribution in [-0.4, -0.2) is 19.5 Å². The fraction of sp³-hybridized carbons (Fsp3) is 0.800. The molecule has 0 aliphatic heterocycles. The van der Waals surface area contributed by atoms with Crippen molar-refractivity contribution < 1.29 is 4.74 Å². The van der Waals surface area contributed by atoms with Crippen molar-refractivity contribution in [1.82, 2.24) is 5.43 Å². The molecule has 60 valence electrons. The Morgan fingerprint density at radius 3 is 2.40 bits per heavy atom. The maximum absolute atomic E-state index is 5.11. The minimum Gasteiger partial charge on any atom is -0.474 e. The molecule has 0 fully saturated rings. The van der Waals surface area contributed by atoms with Crippen molar-refractivity contribution >= 4 is 25.5 Å². The van der Waals surface area contributed by atoms with Gasteiger partial charge in [-0.15, -0.1) is 0 Å². The molecule has 0 unspecified atom stereocenters. The Labute approximate surface area is 67.9 Å². The number of nitrogens with two attached hydrogens (primary N) is 1. The molecular formula is C5H14N2OSSi. The smallest absolute Gasteiger partial charge is 0.270 e. The predicted molar refractivity (Wildman–Crippen MR) is 49.2 cm³/mol. The highest BCUT2D eigenvalue weighted by molar-refractivity contribution is 7.80. The molecule has 0 aliphatic rings. The summed E-state index contributed by atoms with van der Waals surface area (Å²) in [4.78, 5) is 0. The van der Waals surface area contributed by atoms with Gasteiger partial charge in [0.1, 0.15) is 0 Å². The Kier molecular flexibility index (Phi) is 3.84. The molecule has 0 spiro atoms. The third-order valence-corrected chi connectivity index (χ3v) is 2.00. The molecule has 3 nitrogen and oxygen atoms in total. The fourth-order valence-electron chi connectivity index (χ4n) is 0.324. The second-order valence-electron chi connectivity index (χ2n) is 3.28. The van der Waals surface area contributed by atoms with Gasteiger partial charge in [0.2, 0.25) is 0 Å². The predicted octanol–water partition coefficient (Wildman–Crippen LogP) is 0.629. The lowest BCUT2D eigenvalue weighted by atomic mass is 11.3. The summed E-state index contributed by atoms with van der Waals surface area (Å²) in [6.45, 7) is 6.60. The SMILES string of the molecule is C[Si](C)(C)COC(=S)NN. The van der Waals surface area contributed by atoms with Crippen molar-refractivity contribution in [1.29, 1.82) is 0 Å². The Balaban J connectivity index is 3.46. The molecule has 0 saturated heterocycles. The molecule has 0 atom stereocenters. The lowest BCUT2D eigenvalue weighted by Crippen LogP contribution is -2.36. The summed E-state index contributed by atoms with van der Waals surface area (Å²) in [6, 6.07) is 0. The molecule has 0 heterocycles. The first-order chi connectivity index (χ1) is 4.45. The molecule has 5 heteroatoms. The molecule has 0 rings (SSSR count). The zero-order valence-electron chi connectivity index (χ0n) is 6.60. The molecule has 0 aromatic carbocycles. The summed E-state index contributed by atoms with van der Waals surface area (Å²) in [7, 11) is -1.14. The van der Waals surface area contributed by atoms with E-state index in [0.29, 0.717) is 0 Å². The Bertz CT molecular complexity index is 123. The van der Waals surface area contributed by atoms with Crippen LogP contribution in [0.2, 0.25) is 19.6 Å². The quantitative estimate of drug-likeness (QED) is 0.282. The Hall–Kier alpha value is -0.133. The number of hydrazine groups is 1. The van der Waals surface area contributed by atoms with Gasteiger partial charge in [-0.25, -0.2) is 5.84 Å². The molecule has 0 bridgehead atoms. The van der Waals surface area contributed by atoms with Gasteiger partial charge >= 0.3 is 0 Å². The summed E-state index contributed by atoms with van der Waals surface area (Å²) in [5, 5.41) is 0.280. The molecule has 0 aromatic rings. The van der Waals surface area contributed by atoms with Crippen molar-refractivity contribution in [3.8, 4) is 0 Å². The van der Waals surface area contributed by atoms with Crippen LogP contribution in [0.4, 0.5) is 0 Å². The van der Waals surface area contributed by atoms with Gasteiger partial charge in [0.25, 0.3) is 5.17 Å². The third-order valence-electron chi connectivity index (χ3n) is 0.754. The van der Waals surface area contributed by atoms with Crippen molar-refractivity contribution in [2.24, 2.45) is 5.84 Å². The number of ether oxygens (including phenoxy) is 1. The first-order valence-corrected chi connectivity index (χ1v) is 7.20. The van der Waals surface area contributed by atoms with Crippen LogP contribution in [0.15, 0.2) is 0 Å². The van der Waals surface area contributed by atoms with E-state index in [9.17, 15) is 0 Å². The highest BCUT2D eigenvalue weighted by Gasteiger charge is 2.14. The minimum absolute atomic E-state index is 0.280. The Morgan fingerprint density at radius 2 is 2.10 bits per heavy atom. The third kappa shape index (κ3) is 5.99. The highest BCUT2D eigenvalue weighted by Crippen LogP contribution is 1.99. The second kappa shape index (κ2) is 3.90. The molecule has 0 amide bonds. The van der Waals surface area contributed by atoms with Crippen LogP contribution in [0.5, 0.6) is 0 Å². The normalized spacial score (nSPS) is 10.8. The molecule has 10 heavy (non-hydrogen) atoms. The van der Waals surface area contributed by atoms with Crippen LogP contribution in [0.3, 0.4) is 0 Å². The van der Waals surface area contributed by atoms with Crippen LogP contribution < -0.4 is 11.3 Å². The highest BCUT2D eigenvalue weighted by atomic mass is 32.1. The first-order valence-electron chi connectivity index (χ1n) is 3.09. The van der Waals surface area contributed by atoms with Gasteiger partial charge < -0.3 is 4.74 Å². The summed E-state index contributed by atoms with van der Waals surface area (Å²) in [5.41, 5.74) is 2.27. The van der Waals surface area contributed by atoms with Gasteiger partial charge in [-0.3, -0.25) is 5.43 Å². The van der Waals surface area contributed by atoms with Gasteiger partial charge in [-0.1, -0.05) is 19.6 Å². The van der Waals surface area contributed by atoms with E-state index < -0.39 is 8.07 Å². The van der Waals surface area contributed by atoms with Gasteiger partial charge in [0.15, 0.2) is 0 Å². The number of hydrogen-bond donors (Lipinski definition) is 2. The molecule has 0 saturated carbocycles. The molecule has 0 aliphatic carbocycles. The maximum Gasteiger partial charge on any atom is 0.270 e. The largest absolute Gasteiger partial charge is 0.474 e. The van der Waals surface area contributed by atoms with E-state index in [4.69, 9.17) is 10.6 Å². The van der Waals surface area contributed by atoms with E-state index in [1.165, 1.54) is 0 Å². The van der Waals surface area contributed by atoms with Crippen molar-refractivity contribution in [3.05, 3.63) is 0 Å². The van der Waals surface area contributed by atoms with E-state index >= 15 is 0 Å². The average molecular weight is 178 g/mol. The topological polar surface area (TPSA) is 47.3 Å². The molecule has 0 aromatic heterocycles. The minimum atomic E-state index is -1.14. The van der Waals surface area contributed by atoms with Crippen molar-refractivity contribution in [2.45, 2.75) is 19.6 Å². The van der Waals surface area contributed by atoms with Gasteiger partial charge in [-0.2, -0.15) is 0 Å². The van der Waals surface area contributed by atoms with E-state index in [2.05, 4.69) is 37.3 Å². The van der Waals surface area contributed by atoms with E-state index in [-0.39, 0.29) is 5.17 Å². The van der Waals surface area contributed by atoms with E-state index in [1.54, 1.807) is 0 Å². The van der Waals surface area contributed by atoms with Gasteiger partial charge in [0.05, 0.1) is 14.3 Å². The lowest BCUT2D eigenvalue weighted by molar-refractivity contribution is 0.358. The monoisotopic (exact) mass is 178 g/mol. The molecular weight excluding hydrogens is 164 g/mol. The Morgan fingerprint density at radius 1 is 1.60 bits per heavy atom. The van der Waals surface area contributed by atoms with Crippen LogP contribution in [0.25, 0.3) is 0 Å². The van der Waals surface area contributed by atoms with E-state index in [0.717, 1.165) is 6.23 Å². The van der Waals surface area contributed by atoms with Crippen LogP contribution in [0.1, 0.15) is 0 Å². The number of thiocarbonyl (C=S) groups is 1. The lowest BCUT2D eigenvalue weighted by Gasteiger charge is -2.16. The maximum atomic E-state index is 5.11. The molecule has 3 N–H and O–H groups in total. The summed E-state index contributed by atoms with van der Waals surface area (Å²) >= 11 is 4.69. The van der Waals surface area contributed by atoms with Crippen molar-refractivity contribution in [3.63, 3.8) is 0 Å². The van der Waals surface area contributed by atoms with Crippen molar-refractivity contribution in [2.75, 3.05) is 6.23 Å². The van der Waals surface area contributed by atoms with Crippen LogP contribution in [-0.2, 0) is 4.74 Å². The summed E-state index contributed by atoms with van der Waals surface area (Å²) in [6.07, 6.45) is 0.718. The zero-order chi connectivity index (χ0) is 8.20. The standard InChI is InChI=1S/C5H14N2OSSi/c1-10(2,3)4-8-5(9)7-6/h4,6H2,1-3H3,(H,7,9). The first kappa shape index (κ1) is 9.87.